The van der Waals surface area contributed by atoms with Gasteiger partial charge in [-0.05, 0) is 42.3 Å². The molecule has 0 aliphatic carbocycles. The summed E-state index contributed by atoms with van der Waals surface area (Å²) in [6, 6.07) is 16.9. The van der Waals surface area contributed by atoms with E-state index in [1.54, 1.807) is 7.11 Å². The van der Waals surface area contributed by atoms with Gasteiger partial charge in [-0.3, -0.25) is 4.90 Å². The van der Waals surface area contributed by atoms with Crippen LogP contribution in [0.2, 0.25) is 0 Å². The van der Waals surface area contributed by atoms with Gasteiger partial charge in [0.15, 0.2) is 0 Å². The fourth-order valence-electron chi connectivity index (χ4n) is 4.01. The molecule has 29 heavy (non-hydrogen) atoms. The molecule has 4 rings (SSSR count). The van der Waals surface area contributed by atoms with Crippen molar-refractivity contribution in [1.82, 2.24) is 9.88 Å². The Kier molecular flexibility index (Phi) is 5.92. The molecule has 0 unspecified atom stereocenters. The maximum absolute atomic E-state index is 13.2. The summed E-state index contributed by atoms with van der Waals surface area (Å²) >= 11 is 0. The predicted molar refractivity (Wildman–Crippen MR) is 113 cm³/mol. The van der Waals surface area contributed by atoms with Crippen molar-refractivity contribution in [2.45, 2.75) is 19.0 Å². The summed E-state index contributed by atoms with van der Waals surface area (Å²) in [6.45, 7) is 3.37. The number of nitrogens with zero attached hydrogens (tertiary/aromatic N) is 3. The lowest BCUT2D eigenvalue weighted by molar-refractivity contribution is 0.135. The second-order valence-electron chi connectivity index (χ2n) is 7.41. The molecule has 0 bridgehead atoms. The van der Waals surface area contributed by atoms with Gasteiger partial charge in [-0.15, -0.1) is 0 Å². The number of halogens is 1. The normalized spacial score (nSPS) is 17.6. The third-order valence-corrected chi connectivity index (χ3v) is 5.58. The minimum absolute atomic E-state index is 0.136. The first-order valence-corrected chi connectivity index (χ1v) is 9.96. The summed E-state index contributed by atoms with van der Waals surface area (Å²) in [6.07, 6.45) is 0.689. The SMILES string of the molecule is COc1cccc2ccc(N3CCN(Cc4ccc(F)cc4)[C@H](CCO)C3)nc12. The van der Waals surface area contributed by atoms with Crippen LogP contribution in [0.5, 0.6) is 5.75 Å². The molecule has 5 nitrogen and oxygen atoms in total. The van der Waals surface area contributed by atoms with Crippen LogP contribution in [0, 0.1) is 5.82 Å². The number of aliphatic hydroxyl groups excluding tert-OH is 1. The number of fused-ring (bicyclic) bond motifs is 1. The number of para-hydroxylation sites is 1. The van der Waals surface area contributed by atoms with E-state index in [0.29, 0.717) is 6.42 Å². The van der Waals surface area contributed by atoms with E-state index in [1.807, 2.05) is 36.4 Å². The van der Waals surface area contributed by atoms with Crippen molar-refractivity contribution in [3.8, 4) is 5.75 Å². The predicted octanol–water partition coefficient (Wildman–Crippen LogP) is 3.46. The molecule has 152 valence electrons. The molecule has 1 N–H and O–H groups in total. The highest BCUT2D eigenvalue weighted by Gasteiger charge is 2.27. The number of aliphatic hydroxyl groups is 1. The summed E-state index contributed by atoms with van der Waals surface area (Å²) in [5.74, 6) is 1.47. The van der Waals surface area contributed by atoms with Crippen molar-refractivity contribution >= 4 is 16.7 Å². The Labute approximate surface area is 170 Å². The Hall–Kier alpha value is -2.70. The van der Waals surface area contributed by atoms with Gasteiger partial charge in [0.05, 0.1) is 7.11 Å². The van der Waals surface area contributed by atoms with Gasteiger partial charge in [-0.25, -0.2) is 9.37 Å². The van der Waals surface area contributed by atoms with Crippen molar-refractivity contribution in [2.24, 2.45) is 0 Å². The van der Waals surface area contributed by atoms with Crippen LogP contribution < -0.4 is 9.64 Å². The summed E-state index contributed by atoms with van der Waals surface area (Å²) in [5, 5.41) is 10.6. The molecular weight excluding hydrogens is 369 g/mol. The molecule has 0 amide bonds. The van der Waals surface area contributed by atoms with Gasteiger partial charge < -0.3 is 14.7 Å². The van der Waals surface area contributed by atoms with Crippen LogP contribution >= 0.6 is 0 Å². The standard InChI is InChI=1S/C23H26FN3O2/c1-29-21-4-2-3-18-7-10-22(25-23(18)21)27-13-12-26(20(16-27)11-14-28)15-17-5-8-19(24)9-6-17/h2-10,20,28H,11-16H2,1H3/t20-/m1/s1. The first kappa shape index (κ1) is 19.6. The fraction of sp³-hybridized carbons (Fsp3) is 0.348. The number of hydrogen-bond donors (Lipinski definition) is 1. The summed E-state index contributed by atoms with van der Waals surface area (Å²) in [4.78, 5) is 9.50. The second kappa shape index (κ2) is 8.76. The molecule has 1 aliphatic rings. The molecule has 6 heteroatoms. The number of anilines is 1. The van der Waals surface area contributed by atoms with Gasteiger partial charge in [0.25, 0.3) is 0 Å². The fourth-order valence-corrected chi connectivity index (χ4v) is 4.01. The van der Waals surface area contributed by atoms with Crippen LogP contribution in [0.3, 0.4) is 0 Å². The molecule has 0 spiro atoms. The van der Waals surface area contributed by atoms with E-state index in [0.717, 1.165) is 54.2 Å². The number of aromatic nitrogens is 1. The zero-order chi connectivity index (χ0) is 20.2. The quantitative estimate of drug-likeness (QED) is 0.693. The van der Waals surface area contributed by atoms with Crippen LogP contribution in [0.15, 0.2) is 54.6 Å². The Morgan fingerprint density at radius 1 is 1.10 bits per heavy atom. The van der Waals surface area contributed by atoms with Gasteiger partial charge in [0.2, 0.25) is 0 Å². The number of methoxy groups -OCH3 is 1. The van der Waals surface area contributed by atoms with Crippen LogP contribution in [-0.4, -0.2) is 54.4 Å². The summed E-state index contributed by atoms with van der Waals surface area (Å²) in [7, 11) is 1.66. The minimum Gasteiger partial charge on any atom is -0.494 e. The van der Waals surface area contributed by atoms with Gasteiger partial charge >= 0.3 is 0 Å². The molecule has 1 atom stereocenters. The first-order valence-electron chi connectivity index (χ1n) is 9.96. The highest BCUT2D eigenvalue weighted by molar-refractivity contribution is 5.86. The van der Waals surface area contributed by atoms with E-state index in [9.17, 15) is 9.50 Å². The number of rotatable bonds is 6. The highest BCUT2D eigenvalue weighted by Crippen LogP contribution is 2.28. The molecule has 1 aliphatic heterocycles. The number of ether oxygens (including phenoxy) is 1. The van der Waals surface area contributed by atoms with Gasteiger partial charge in [-0.2, -0.15) is 0 Å². The Morgan fingerprint density at radius 3 is 2.69 bits per heavy atom. The average Bonchev–Trinajstić information content (AvgIpc) is 2.76. The van der Waals surface area contributed by atoms with E-state index in [1.165, 1.54) is 12.1 Å². The van der Waals surface area contributed by atoms with Crippen molar-refractivity contribution in [2.75, 3.05) is 38.3 Å². The molecule has 1 fully saturated rings. The minimum atomic E-state index is -0.219. The third-order valence-electron chi connectivity index (χ3n) is 5.58. The van der Waals surface area contributed by atoms with E-state index in [4.69, 9.17) is 9.72 Å². The maximum atomic E-state index is 13.2. The zero-order valence-corrected chi connectivity index (χ0v) is 16.6. The average molecular weight is 395 g/mol. The number of benzene rings is 2. The van der Waals surface area contributed by atoms with E-state index >= 15 is 0 Å². The topological polar surface area (TPSA) is 48.8 Å². The Bertz CT molecular complexity index is 964. The highest BCUT2D eigenvalue weighted by atomic mass is 19.1. The number of pyridine rings is 1. The van der Waals surface area contributed by atoms with Crippen LogP contribution in [0.1, 0.15) is 12.0 Å². The van der Waals surface area contributed by atoms with Crippen molar-refractivity contribution in [3.63, 3.8) is 0 Å². The lowest BCUT2D eigenvalue weighted by Crippen LogP contribution is -2.53. The molecule has 0 radical (unpaired) electrons. The maximum Gasteiger partial charge on any atom is 0.145 e. The van der Waals surface area contributed by atoms with Gasteiger partial charge in [0.1, 0.15) is 22.9 Å². The second-order valence-corrected chi connectivity index (χ2v) is 7.41. The first-order chi connectivity index (χ1) is 14.2. The molecule has 2 aromatic carbocycles. The lowest BCUT2D eigenvalue weighted by atomic mass is 10.1. The van der Waals surface area contributed by atoms with E-state index < -0.39 is 0 Å². The smallest absolute Gasteiger partial charge is 0.145 e. The number of piperazine rings is 1. The Morgan fingerprint density at radius 2 is 1.93 bits per heavy atom. The molecule has 0 saturated carbocycles. The van der Waals surface area contributed by atoms with Crippen LogP contribution in [-0.2, 0) is 6.54 Å². The zero-order valence-electron chi connectivity index (χ0n) is 16.6. The van der Waals surface area contributed by atoms with E-state index in [2.05, 4.69) is 15.9 Å². The van der Waals surface area contributed by atoms with Gasteiger partial charge in [-0.1, -0.05) is 24.3 Å². The largest absolute Gasteiger partial charge is 0.494 e. The van der Waals surface area contributed by atoms with Crippen molar-refractivity contribution in [1.29, 1.82) is 0 Å². The van der Waals surface area contributed by atoms with Crippen molar-refractivity contribution < 1.29 is 14.2 Å². The summed E-state index contributed by atoms with van der Waals surface area (Å²) < 4.78 is 18.7. The Balaban J connectivity index is 1.53. The molecule has 3 aromatic rings. The lowest BCUT2D eigenvalue weighted by Gasteiger charge is -2.42. The molecule has 2 heterocycles. The van der Waals surface area contributed by atoms with E-state index in [-0.39, 0.29) is 18.5 Å². The third kappa shape index (κ3) is 4.33. The molecule has 1 aromatic heterocycles. The monoisotopic (exact) mass is 395 g/mol. The molecular formula is C23H26FN3O2. The van der Waals surface area contributed by atoms with Crippen LogP contribution in [0.25, 0.3) is 10.9 Å². The molecule has 1 saturated heterocycles. The van der Waals surface area contributed by atoms with Crippen molar-refractivity contribution in [3.05, 3.63) is 66.0 Å². The summed E-state index contributed by atoms with van der Waals surface area (Å²) in [5.41, 5.74) is 1.94. The van der Waals surface area contributed by atoms with Crippen LogP contribution in [0.4, 0.5) is 10.2 Å². The van der Waals surface area contributed by atoms with Gasteiger partial charge in [0, 0.05) is 44.2 Å². The number of hydrogen-bond acceptors (Lipinski definition) is 5.